The Morgan fingerprint density at radius 1 is 1.23 bits per heavy atom. The first-order chi connectivity index (χ1) is 18.5. The van der Waals surface area contributed by atoms with Crippen LogP contribution in [0.15, 0.2) is 42.5 Å². The SMILES string of the molecule is O=C1O[C@@H](CNC(=S)Oc2ccc(CC([P+](=O)O)P(=O)(O)O)cc2)CN1c1ccc(N2CCOCC2)c(F)c1. The Hall–Kier alpha value is -2.70. The van der Waals surface area contributed by atoms with E-state index < -0.39 is 39.0 Å². The van der Waals surface area contributed by atoms with Gasteiger partial charge in [0.2, 0.25) is 0 Å². The minimum atomic E-state index is -4.75. The molecule has 0 bridgehead atoms. The van der Waals surface area contributed by atoms with Gasteiger partial charge in [-0.25, -0.2) is 9.18 Å². The Labute approximate surface area is 229 Å². The third-order valence-corrected chi connectivity index (χ3v) is 9.51. The van der Waals surface area contributed by atoms with Gasteiger partial charge in [-0.05, 0) is 52.7 Å². The van der Waals surface area contributed by atoms with E-state index in [-0.39, 0.29) is 24.7 Å². The van der Waals surface area contributed by atoms with Crippen LogP contribution < -0.4 is 19.9 Å². The third-order valence-electron chi connectivity index (χ3n) is 6.14. The predicted molar refractivity (Wildman–Crippen MR) is 144 cm³/mol. The Kier molecular flexibility index (Phi) is 9.50. The molecular formula is C23H27FN3O9P2S+. The summed E-state index contributed by atoms with van der Waals surface area (Å²) in [5.41, 5.74) is 1.26. The smallest absolute Gasteiger partial charge is 0.442 e. The number of benzene rings is 2. The first-order valence-electron chi connectivity index (χ1n) is 11.9. The molecule has 12 nitrogen and oxygen atoms in total. The van der Waals surface area contributed by atoms with Crippen LogP contribution in [-0.4, -0.2) is 76.8 Å². The van der Waals surface area contributed by atoms with E-state index in [0.717, 1.165) is 0 Å². The molecule has 0 saturated carbocycles. The van der Waals surface area contributed by atoms with Gasteiger partial charge in [-0.2, -0.15) is 4.89 Å². The highest BCUT2D eigenvalue weighted by atomic mass is 32.1. The van der Waals surface area contributed by atoms with Gasteiger partial charge >= 0.3 is 21.7 Å². The van der Waals surface area contributed by atoms with Crippen molar-refractivity contribution in [3.63, 3.8) is 0 Å². The van der Waals surface area contributed by atoms with E-state index in [0.29, 0.717) is 49.0 Å². The summed E-state index contributed by atoms with van der Waals surface area (Å²) < 4.78 is 53.7. The van der Waals surface area contributed by atoms with Crippen LogP contribution in [0.25, 0.3) is 0 Å². The lowest BCUT2D eigenvalue weighted by atomic mass is 10.2. The first kappa shape index (κ1) is 29.3. The summed E-state index contributed by atoms with van der Waals surface area (Å²) in [6.45, 7) is 2.54. The van der Waals surface area contributed by atoms with Crippen molar-refractivity contribution in [2.24, 2.45) is 0 Å². The number of carbonyl (C=O) groups excluding carboxylic acids is 1. The molecule has 4 rings (SSSR count). The van der Waals surface area contributed by atoms with Crippen LogP contribution in [0.5, 0.6) is 5.75 Å². The van der Waals surface area contributed by atoms with Gasteiger partial charge in [-0.15, -0.1) is 0 Å². The fourth-order valence-corrected chi connectivity index (χ4v) is 6.16. The number of hydrogen-bond donors (Lipinski definition) is 4. The maximum Gasteiger partial charge on any atom is 0.522 e. The van der Waals surface area contributed by atoms with Gasteiger partial charge in [0.15, 0.2) is 0 Å². The van der Waals surface area contributed by atoms with E-state index in [4.69, 9.17) is 26.4 Å². The van der Waals surface area contributed by atoms with Crippen LogP contribution in [0.3, 0.4) is 0 Å². The Balaban J connectivity index is 1.27. The molecule has 3 atom stereocenters. The van der Waals surface area contributed by atoms with E-state index in [1.54, 1.807) is 12.1 Å². The highest BCUT2D eigenvalue weighted by Crippen LogP contribution is 2.53. The highest BCUT2D eigenvalue weighted by Gasteiger charge is 2.45. The quantitative estimate of drug-likeness (QED) is 0.246. The number of carbonyl (C=O) groups is 1. The van der Waals surface area contributed by atoms with Crippen molar-refractivity contribution in [3.05, 3.63) is 53.8 Å². The van der Waals surface area contributed by atoms with Crippen molar-refractivity contribution in [1.82, 2.24) is 5.32 Å². The number of anilines is 2. The van der Waals surface area contributed by atoms with Gasteiger partial charge in [-0.3, -0.25) is 9.46 Å². The molecule has 0 spiro atoms. The second kappa shape index (κ2) is 12.6. The van der Waals surface area contributed by atoms with Gasteiger partial charge in [0.25, 0.3) is 10.6 Å². The summed E-state index contributed by atoms with van der Waals surface area (Å²) in [7, 11) is -7.82. The number of rotatable bonds is 9. The molecule has 0 radical (unpaired) electrons. The molecule has 1 amide bonds. The largest absolute Gasteiger partial charge is 0.522 e. The van der Waals surface area contributed by atoms with Crippen LogP contribution in [0, 0.1) is 5.82 Å². The second-order valence-corrected chi connectivity index (χ2v) is 12.7. The zero-order chi connectivity index (χ0) is 28.2. The molecule has 39 heavy (non-hydrogen) atoms. The van der Waals surface area contributed by atoms with Crippen LogP contribution in [-0.2, 0) is 25.0 Å². The molecule has 0 aliphatic carbocycles. The number of ether oxygens (including phenoxy) is 3. The summed E-state index contributed by atoms with van der Waals surface area (Å²) in [6.07, 6.45) is -1.48. The van der Waals surface area contributed by atoms with Crippen LogP contribution in [0.1, 0.15) is 5.56 Å². The highest BCUT2D eigenvalue weighted by molar-refractivity contribution is 7.80. The maximum absolute atomic E-state index is 14.8. The van der Waals surface area contributed by atoms with Crippen molar-refractivity contribution in [2.75, 3.05) is 49.2 Å². The van der Waals surface area contributed by atoms with Crippen molar-refractivity contribution < 1.29 is 47.2 Å². The van der Waals surface area contributed by atoms with Gasteiger partial charge in [0, 0.05) is 19.5 Å². The molecular weight excluding hydrogens is 575 g/mol. The second-order valence-electron chi connectivity index (χ2n) is 8.84. The zero-order valence-corrected chi connectivity index (χ0v) is 23.1. The monoisotopic (exact) mass is 602 g/mol. The molecule has 4 N–H and O–H groups in total. The number of cyclic esters (lactones) is 1. The molecule has 2 saturated heterocycles. The normalized spacial score (nSPS) is 18.9. The summed E-state index contributed by atoms with van der Waals surface area (Å²) >= 11 is 5.18. The van der Waals surface area contributed by atoms with Crippen molar-refractivity contribution in [3.8, 4) is 5.75 Å². The van der Waals surface area contributed by atoms with Crippen LogP contribution in [0.4, 0.5) is 20.6 Å². The summed E-state index contributed by atoms with van der Waals surface area (Å²) in [6, 6.07) is 10.6. The van der Waals surface area contributed by atoms with Crippen LogP contribution in [0.2, 0.25) is 0 Å². The number of morpholine rings is 1. The number of halogens is 1. The molecule has 2 unspecified atom stereocenters. The van der Waals surface area contributed by atoms with Crippen LogP contribution >= 0.6 is 27.8 Å². The number of nitrogens with one attached hydrogen (secondary N) is 1. The molecule has 210 valence electrons. The third kappa shape index (κ3) is 7.70. The molecule has 16 heteroatoms. The van der Waals surface area contributed by atoms with Gasteiger partial charge < -0.3 is 34.2 Å². The Morgan fingerprint density at radius 2 is 1.92 bits per heavy atom. The van der Waals surface area contributed by atoms with E-state index in [9.17, 15) is 33.0 Å². The maximum atomic E-state index is 14.8. The number of hydrogen-bond acceptors (Lipinski definition) is 8. The van der Waals surface area contributed by atoms with Crippen molar-refractivity contribution in [1.29, 1.82) is 0 Å². The number of amides is 1. The zero-order valence-electron chi connectivity index (χ0n) is 20.5. The molecule has 2 aliphatic heterocycles. The molecule has 2 fully saturated rings. The van der Waals surface area contributed by atoms with E-state index in [1.165, 1.54) is 35.2 Å². The predicted octanol–water partition coefficient (Wildman–Crippen LogP) is 2.72. The van der Waals surface area contributed by atoms with E-state index >= 15 is 0 Å². The van der Waals surface area contributed by atoms with Gasteiger partial charge in [0.1, 0.15) is 17.7 Å². The standard InChI is InChI=1S/C23H26FN3O9P2S/c24-19-12-16(3-6-20(19)26-7-9-34-10-8-26)27-14-18(36-23(27)28)13-25-22(39)35-17-4-1-15(2-5-17)11-21(37(29)30)38(31,32)33/h1-6,12,18,21H,7-11,13-14H2,(H3-,25,29,30,31,32,33,39)/p+1/t18-,21?/m0/s1. The lowest BCUT2D eigenvalue weighted by Crippen LogP contribution is -2.37. The average Bonchev–Trinajstić information content (AvgIpc) is 3.27. The number of thiocarbonyl (C=S) groups is 1. The lowest BCUT2D eigenvalue weighted by molar-refractivity contribution is 0.122. The van der Waals surface area contributed by atoms with E-state index in [1.807, 2.05) is 4.90 Å². The lowest BCUT2D eigenvalue weighted by Gasteiger charge is -2.29. The summed E-state index contributed by atoms with van der Waals surface area (Å²) in [5, 5.41) is 1.14. The van der Waals surface area contributed by atoms with Crippen molar-refractivity contribution >= 4 is 50.5 Å². The molecule has 2 aromatic carbocycles. The Bertz CT molecular complexity index is 1270. The molecule has 2 aromatic rings. The topological polar surface area (TPSA) is 158 Å². The van der Waals surface area contributed by atoms with E-state index in [2.05, 4.69) is 5.32 Å². The van der Waals surface area contributed by atoms with Crippen molar-refractivity contribution in [2.45, 2.75) is 17.9 Å². The molecule has 2 heterocycles. The first-order valence-corrected chi connectivity index (χ1v) is 15.2. The summed E-state index contributed by atoms with van der Waals surface area (Å²) in [4.78, 5) is 43.4. The number of nitrogens with zero attached hydrogens (tertiary/aromatic N) is 2. The minimum Gasteiger partial charge on any atom is -0.442 e. The average molecular weight is 602 g/mol. The Morgan fingerprint density at radius 3 is 2.54 bits per heavy atom. The van der Waals surface area contributed by atoms with Gasteiger partial charge in [-0.1, -0.05) is 12.1 Å². The molecule has 0 aromatic heterocycles. The molecule has 2 aliphatic rings. The minimum absolute atomic E-state index is 0.00955. The fourth-order valence-electron chi connectivity index (χ4n) is 4.13. The summed E-state index contributed by atoms with van der Waals surface area (Å²) in [5.74, 6) is -0.120. The fraction of sp³-hybridized carbons (Fsp3) is 0.391. The van der Waals surface area contributed by atoms with Gasteiger partial charge in [0.05, 0.1) is 37.7 Å².